The first-order chi connectivity index (χ1) is 11.3. The van der Waals surface area contributed by atoms with E-state index in [0.717, 1.165) is 22.6 Å². The summed E-state index contributed by atoms with van der Waals surface area (Å²) >= 11 is 0. The van der Waals surface area contributed by atoms with Crippen LogP contribution in [0.15, 0.2) is 48.5 Å². The molecule has 24 heavy (non-hydrogen) atoms. The number of ether oxygens (including phenoxy) is 1. The van der Waals surface area contributed by atoms with E-state index in [-0.39, 0.29) is 18.3 Å². The molecule has 126 valence electrons. The standard InChI is InChI=1S/C19H24BNO3/c1-18(2)19(3,4)24-20(23-18)14-7-6-8-16(13-14)21-15-9-11-17(22-5)12-10-15/h6-13,21H,1-5H3. The van der Waals surface area contributed by atoms with Gasteiger partial charge in [0, 0.05) is 11.4 Å². The molecule has 1 aliphatic heterocycles. The molecule has 3 rings (SSSR count). The summed E-state index contributed by atoms with van der Waals surface area (Å²) in [5.41, 5.74) is 2.33. The van der Waals surface area contributed by atoms with E-state index in [9.17, 15) is 0 Å². The van der Waals surface area contributed by atoms with Crippen molar-refractivity contribution in [3.05, 3.63) is 48.5 Å². The first-order valence-corrected chi connectivity index (χ1v) is 8.17. The van der Waals surface area contributed by atoms with Crippen molar-refractivity contribution < 1.29 is 14.0 Å². The van der Waals surface area contributed by atoms with E-state index in [0.29, 0.717) is 0 Å². The highest BCUT2D eigenvalue weighted by molar-refractivity contribution is 6.62. The third-order valence-corrected chi connectivity index (χ3v) is 4.79. The Morgan fingerprint density at radius 1 is 0.875 bits per heavy atom. The second-order valence-electron chi connectivity index (χ2n) is 7.07. The molecule has 2 aromatic rings. The van der Waals surface area contributed by atoms with Gasteiger partial charge in [0.1, 0.15) is 5.75 Å². The summed E-state index contributed by atoms with van der Waals surface area (Å²) in [6.45, 7) is 8.25. The Morgan fingerprint density at radius 3 is 2.08 bits per heavy atom. The number of benzene rings is 2. The van der Waals surface area contributed by atoms with Crippen LogP contribution in [0.25, 0.3) is 0 Å². The van der Waals surface area contributed by atoms with Gasteiger partial charge in [-0.15, -0.1) is 0 Å². The summed E-state index contributed by atoms with van der Waals surface area (Å²) in [4.78, 5) is 0. The number of hydrogen-bond acceptors (Lipinski definition) is 4. The molecule has 0 aromatic heterocycles. The first-order valence-electron chi connectivity index (χ1n) is 8.17. The van der Waals surface area contributed by atoms with Gasteiger partial charge in [-0.25, -0.2) is 0 Å². The number of hydrogen-bond donors (Lipinski definition) is 1. The summed E-state index contributed by atoms with van der Waals surface area (Å²) in [5.74, 6) is 0.839. The van der Waals surface area contributed by atoms with Crippen LogP contribution in [0, 0.1) is 0 Å². The fourth-order valence-corrected chi connectivity index (χ4v) is 2.58. The van der Waals surface area contributed by atoms with E-state index in [1.165, 1.54) is 0 Å². The normalized spacial score (nSPS) is 18.5. The zero-order chi connectivity index (χ0) is 17.4. The lowest BCUT2D eigenvalue weighted by molar-refractivity contribution is 0.00578. The molecule has 1 fully saturated rings. The van der Waals surface area contributed by atoms with Crippen LogP contribution in [0.5, 0.6) is 5.75 Å². The van der Waals surface area contributed by atoms with Crippen LogP contribution in [-0.4, -0.2) is 25.4 Å². The lowest BCUT2D eigenvalue weighted by Crippen LogP contribution is -2.41. The van der Waals surface area contributed by atoms with Crippen molar-refractivity contribution in [2.75, 3.05) is 12.4 Å². The summed E-state index contributed by atoms with van der Waals surface area (Å²) in [7, 11) is 1.31. The molecule has 4 nitrogen and oxygen atoms in total. The van der Waals surface area contributed by atoms with Gasteiger partial charge in [0.25, 0.3) is 0 Å². The molecular weight excluding hydrogens is 301 g/mol. The van der Waals surface area contributed by atoms with E-state index < -0.39 is 0 Å². The molecule has 5 heteroatoms. The van der Waals surface area contributed by atoms with Crippen LogP contribution in [0.4, 0.5) is 11.4 Å². The van der Waals surface area contributed by atoms with Gasteiger partial charge in [-0.1, -0.05) is 12.1 Å². The van der Waals surface area contributed by atoms with Crippen LogP contribution in [0.2, 0.25) is 0 Å². The SMILES string of the molecule is COc1ccc(Nc2cccc(B3OC(C)(C)C(C)(C)O3)c2)cc1. The molecule has 0 bridgehead atoms. The van der Waals surface area contributed by atoms with Crippen molar-refractivity contribution in [3.8, 4) is 5.75 Å². The fourth-order valence-electron chi connectivity index (χ4n) is 2.58. The van der Waals surface area contributed by atoms with E-state index in [1.807, 2.05) is 42.5 Å². The van der Waals surface area contributed by atoms with E-state index in [1.54, 1.807) is 7.11 Å². The Labute approximate surface area is 144 Å². The highest BCUT2D eigenvalue weighted by Crippen LogP contribution is 2.36. The van der Waals surface area contributed by atoms with Gasteiger partial charge in [-0.2, -0.15) is 0 Å². The lowest BCUT2D eigenvalue weighted by atomic mass is 9.79. The zero-order valence-corrected chi connectivity index (χ0v) is 14.9. The highest BCUT2D eigenvalue weighted by Gasteiger charge is 2.51. The van der Waals surface area contributed by atoms with Gasteiger partial charge in [-0.3, -0.25) is 0 Å². The third kappa shape index (κ3) is 3.28. The molecule has 0 atom stereocenters. The fraction of sp³-hybridized carbons (Fsp3) is 0.368. The van der Waals surface area contributed by atoms with Gasteiger partial charge in [0.05, 0.1) is 18.3 Å². The maximum atomic E-state index is 6.12. The van der Waals surface area contributed by atoms with Crippen molar-refractivity contribution in [2.45, 2.75) is 38.9 Å². The number of rotatable bonds is 4. The van der Waals surface area contributed by atoms with Crippen molar-refractivity contribution in [1.82, 2.24) is 0 Å². The smallest absolute Gasteiger partial charge is 0.494 e. The molecule has 0 amide bonds. The summed E-state index contributed by atoms with van der Waals surface area (Å²) in [6, 6.07) is 16.0. The maximum absolute atomic E-state index is 6.12. The minimum atomic E-state index is -0.354. The van der Waals surface area contributed by atoms with Gasteiger partial charge in [0.2, 0.25) is 0 Å². The van der Waals surface area contributed by atoms with Crippen LogP contribution in [0.3, 0.4) is 0 Å². The van der Waals surface area contributed by atoms with Gasteiger partial charge >= 0.3 is 7.12 Å². The third-order valence-electron chi connectivity index (χ3n) is 4.79. The molecular formula is C19H24BNO3. The molecule has 0 spiro atoms. The van der Waals surface area contributed by atoms with Gasteiger partial charge < -0.3 is 19.4 Å². The largest absolute Gasteiger partial charge is 0.497 e. The molecule has 1 N–H and O–H groups in total. The van der Waals surface area contributed by atoms with Crippen LogP contribution in [-0.2, 0) is 9.31 Å². The molecule has 0 aliphatic carbocycles. The van der Waals surface area contributed by atoms with Gasteiger partial charge in [-0.05, 0) is 69.6 Å². The van der Waals surface area contributed by atoms with Crippen molar-refractivity contribution in [1.29, 1.82) is 0 Å². The number of methoxy groups -OCH3 is 1. The average molecular weight is 325 g/mol. The minimum absolute atomic E-state index is 0.336. The maximum Gasteiger partial charge on any atom is 0.494 e. The summed E-state index contributed by atoms with van der Waals surface area (Å²) < 4.78 is 17.4. The molecule has 1 aliphatic rings. The quantitative estimate of drug-likeness (QED) is 0.870. The van der Waals surface area contributed by atoms with Crippen LogP contribution in [0.1, 0.15) is 27.7 Å². The Bertz CT molecular complexity index is 697. The number of nitrogens with one attached hydrogen (secondary N) is 1. The Morgan fingerprint density at radius 2 is 1.50 bits per heavy atom. The first kappa shape index (κ1) is 16.9. The zero-order valence-electron chi connectivity index (χ0n) is 14.9. The van der Waals surface area contributed by atoms with E-state index in [2.05, 4.69) is 39.1 Å². The van der Waals surface area contributed by atoms with Crippen molar-refractivity contribution in [2.24, 2.45) is 0 Å². The predicted octanol–water partition coefficient (Wildman–Crippen LogP) is 3.74. The Hall–Kier alpha value is -1.98. The average Bonchev–Trinajstić information content (AvgIpc) is 2.76. The molecule has 1 saturated heterocycles. The monoisotopic (exact) mass is 325 g/mol. The van der Waals surface area contributed by atoms with Crippen molar-refractivity contribution in [3.63, 3.8) is 0 Å². The van der Waals surface area contributed by atoms with Crippen LogP contribution < -0.4 is 15.5 Å². The summed E-state index contributed by atoms with van der Waals surface area (Å²) in [5, 5.41) is 3.39. The molecule has 0 unspecified atom stereocenters. The van der Waals surface area contributed by atoms with Gasteiger partial charge in [0.15, 0.2) is 0 Å². The topological polar surface area (TPSA) is 39.7 Å². The second kappa shape index (κ2) is 6.15. The predicted molar refractivity (Wildman–Crippen MR) is 98.4 cm³/mol. The molecule has 0 radical (unpaired) electrons. The van der Waals surface area contributed by atoms with E-state index >= 15 is 0 Å². The number of anilines is 2. The van der Waals surface area contributed by atoms with Crippen LogP contribution >= 0.6 is 0 Å². The Kier molecular flexibility index (Phi) is 4.32. The van der Waals surface area contributed by atoms with E-state index in [4.69, 9.17) is 14.0 Å². The second-order valence-corrected chi connectivity index (χ2v) is 7.07. The molecule has 2 aromatic carbocycles. The molecule has 0 saturated carbocycles. The van der Waals surface area contributed by atoms with Crippen molar-refractivity contribution >= 4 is 24.0 Å². The Balaban J connectivity index is 1.77. The summed E-state index contributed by atoms with van der Waals surface area (Å²) in [6.07, 6.45) is 0. The minimum Gasteiger partial charge on any atom is -0.497 e. The lowest BCUT2D eigenvalue weighted by Gasteiger charge is -2.32. The highest BCUT2D eigenvalue weighted by atomic mass is 16.7. The molecule has 1 heterocycles.